The molecule has 2 aliphatic heterocycles. The molecule has 3 heteroatoms. The largest absolute Gasteiger partial charge is 0.389 e. The van der Waals surface area contributed by atoms with E-state index < -0.39 is 0 Å². The van der Waals surface area contributed by atoms with Crippen molar-refractivity contribution in [3.63, 3.8) is 0 Å². The minimum absolute atomic E-state index is 0.360. The van der Waals surface area contributed by atoms with Crippen LogP contribution in [-0.2, 0) is 0 Å². The third-order valence-corrected chi connectivity index (χ3v) is 5.35. The molecule has 18 heavy (non-hydrogen) atoms. The molecule has 1 spiro atoms. The van der Waals surface area contributed by atoms with Gasteiger partial charge in [0.15, 0.2) is 0 Å². The number of hydrogen-bond donors (Lipinski definition) is 2. The second-order valence-electron chi connectivity index (χ2n) is 7.03. The van der Waals surface area contributed by atoms with E-state index in [4.69, 9.17) is 0 Å². The molecule has 2 heterocycles. The van der Waals surface area contributed by atoms with Gasteiger partial charge in [-0.25, -0.2) is 0 Å². The summed E-state index contributed by atoms with van der Waals surface area (Å²) >= 11 is 0. The Kier molecular flexibility index (Phi) is 3.65. The van der Waals surface area contributed by atoms with Crippen LogP contribution >= 0.6 is 0 Å². The first-order valence-electron chi connectivity index (χ1n) is 7.85. The highest BCUT2D eigenvalue weighted by atomic mass is 16.3. The van der Waals surface area contributed by atoms with Crippen LogP contribution in [0.2, 0.25) is 0 Å². The molecule has 3 rings (SSSR count). The van der Waals surface area contributed by atoms with Crippen molar-refractivity contribution >= 4 is 0 Å². The van der Waals surface area contributed by atoms with Crippen molar-refractivity contribution < 1.29 is 5.11 Å². The fraction of sp³-hybridized carbons (Fsp3) is 1.00. The summed E-state index contributed by atoms with van der Waals surface area (Å²) < 4.78 is 0. The number of nitrogens with one attached hydrogen (secondary N) is 1. The molecule has 3 nitrogen and oxygen atoms in total. The lowest BCUT2D eigenvalue weighted by molar-refractivity contribution is -0.0224. The molecule has 1 atom stereocenters. The average molecular weight is 252 g/mol. The first-order chi connectivity index (χ1) is 8.70. The second-order valence-corrected chi connectivity index (χ2v) is 7.03. The quantitative estimate of drug-likeness (QED) is 0.786. The highest BCUT2D eigenvalue weighted by Crippen LogP contribution is 2.38. The fourth-order valence-corrected chi connectivity index (χ4v) is 4.43. The van der Waals surface area contributed by atoms with Gasteiger partial charge in [-0.15, -0.1) is 0 Å². The molecule has 0 bridgehead atoms. The van der Waals surface area contributed by atoms with Gasteiger partial charge in [0.25, 0.3) is 0 Å². The van der Waals surface area contributed by atoms with E-state index in [1.54, 1.807) is 0 Å². The van der Waals surface area contributed by atoms with E-state index in [1.165, 1.54) is 64.7 Å². The van der Waals surface area contributed by atoms with Gasteiger partial charge >= 0.3 is 0 Å². The fourth-order valence-electron chi connectivity index (χ4n) is 4.43. The van der Waals surface area contributed by atoms with E-state index >= 15 is 0 Å². The zero-order chi connectivity index (χ0) is 12.5. The van der Waals surface area contributed by atoms with E-state index in [9.17, 15) is 5.11 Å². The van der Waals surface area contributed by atoms with Crippen LogP contribution in [0.25, 0.3) is 0 Å². The number of aliphatic hydroxyl groups is 1. The lowest BCUT2D eigenvalue weighted by Crippen LogP contribution is -2.54. The molecule has 1 aliphatic carbocycles. The van der Waals surface area contributed by atoms with Crippen LogP contribution in [-0.4, -0.2) is 48.3 Å². The average Bonchev–Trinajstić information content (AvgIpc) is 2.77. The normalized spacial score (nSPS) is 37.2. The summed E-state index contributed by atoms with van der Waals surface area (Å²) in [5.74, 6) is 0. The Bertz CT molecular complexity index is 275. The number of β-amino-alcohol motifs (C(OH)–C–C–N with tert-alkyl or cyclic N) is 1. The maximum absolute atomic E-state index is 10.6. The molecular formula is C15H28N2O. The number of likely N-dealkylation sites (tertiary alicyclic amines) is 1. The van der Waals surface area contributed by atoms with Gasteiger partial charge in [-0.3, -0.25) is 4.90 Å². The van der Waals surface area contributed by atoms with E-state index in [-0.39, 0.29) is 5.60 Å². The molecule has 0 aromatic rings. The van der Waals surface area contributed by atoms with Crippen LogP contribution in [0, 0.1) is 5.41 Å². The van der Waals surface area contributed by atoms with Crippen molar-refractivity contribution in [2.45, 2.75) is 57.0 Å². The van der Waals surface area contributed by atoms with Gasteiger partial charge in [0.05, 0.1) is 5.60 Å². The monoisotopic (exact) mass is 252 g/mol. The molecule has 0 aromatic carbocycles. The molecule has 104 valence electrons. The van der Waals surface area contributed by atoms with Gasteiger partial charge in [-0.1, -0.05) is 12.8 Å². The minimum atomic E-state index is -0.360. The van der Waals surface area contributed by atoms with Crippen molar-refractivity contribution in [1.82, 2.24) is 10.2 Å². The maximum Gasteiger partial charge on any atom is 0.0774 e. The van der Waals surface area contributed by atoms with E-state index in [0.717, 1.165) is 19.4 Å². The van der Waals surface area contributed by atoms with Crippen LogP contribution in [0.5, 0.6) is 0 Å². The smallest absolute Gasteiger partial charge is 0.0774 e. The molecule has 2 saturated heterocycles. The lowest BCUT2D eigenvalue weighted by Gasteiger charge is -2.47. The van der Waals surface area contributed by atoms with Crippen molar-refractivity contribution in [1.29, 1.82) is 0 Å². The number of rotatable bonds is 2. The first kappa shape index (κ1) is 12.9. The summed E-state index contributed by atoms with van der Waals surface area (Å²) in [6, 6.07) is 0. The SMILES string of the molecule is OC1(CN2CCCC3(CCCNC3)C2)CCCC1. The molecule has 3 aliphatic rings. The third-order valence-electron chi connectivity index (χ3n) is 5.35. The molecule has 1 unspecified atom stereocenters. The Balaban J connectivity index is 1.59. The summed E-state index contributed by atoms with van der Waals surface area (Å²) in [6.45, 7) is 5.73. The van der Waals surface area contributed by atoms with Crippen molar-refractivity contribution in [3.8, 4) is 0 Å². The van der Waals surface area contributed by atoms with Crippen LogP contribution in [0.4, 0.5) is 0 Å². The summed E-state index contributed by atoms with van der Waals surface area (Å²) in [4.78, 5) is 2.56. The zero-order valence-corrected chi connectivity index (χ0v) is 11.6. The Hall–Kier alpha value is -0.120. The maximum atomic E-state index is 10.6. The molecule has 0 aromatic heterocycles. The molecule has 3 fully saturated rings. The van der Waals surface area contributed by atoms with Crippen LogP contribution in [0.15, 0.2) is 0 Å². The van der Waals surface area contributed by atoms with Gasteiger partial charge in [0.1, 0.15) is 0 Å². The minimum Gasteiger partial charge on any atom is -0.389 e. The molecule has 1 saturated carbocycles. The van der Waals surface area contributed by atoms with E-state index in [1.807, 2.05) is 0 Å². The van der Waals surface area contributed by atoms with Crippen molar-refractivity contribution in [2.75, 3.05) is 32.7 Å². The summed E-state index contributed by atoms with van der Waals surface area (Å²) in [6.07, 6.45) is 9.90. The van der Waals surface area contributed by atoms with E-state index in [2.05, 4.69) is 10.2 Å². The topological polar surface area (TPSA) is 35.5 Å². The standard InChI is InChI=1S/C15H28N2O/c18-15(7-1-2-8-15)13-17-10-4-6-14(12-17)5-3-9-16-11-14/h16,18H,1-13H2. The third kappa shape index (κ3) is 2.73. The number of piperidine rings is 2. The van der Waals surface area contributed by atoms with Gasteiger partial charge in [-0.2, -0.15) is 0 Å². The highest BCUT2D eigenvalue weighted by Gasteiger charge is 2.40. The number of nitrogens with zero attached hydrogens (tertiary/aromatic N) is 1. The Morgan fingerprint density at radius 2 is 1.78 bits per heavy atom. The lowest BCUT2D eigenvalue weighted by atomic mass is 9.74. The van der Waals surface area contributed by atoms with Crippen molar-refractivity contribution in [2.24, 2.45) is 5.41 Å². The summed E-state index contributed by atoms with van der Waals surface area (Å²) in [7, 11) is 0. The second kappa shape index (κ2) is 5.10. The molecule has 0 radical (unpaired) electrons. The van der Waals surface area contributed by atoms with Gasteiger partial charge < -0.3 is 10.4 Å². The Labute approximate surface area is 111 Å². The van der Waals surface area contributed by atoms with Crippen LogP contribution in [0.3, 0.4) is 0 Å². The Morgan fingerprint density at radius 3 is 2.50 bits per heavy atom. The number of hydrogen-bond acceptors (Lipinski definition) is 3. The van der Waals surface area contributed by atoms with E-state index in [0.29, 0.717) is 5.41 Å². The highest BCUT2D eigenvalue weighted by molar-refractivity contribution is 4.95. The molecule has 0 amide bonds. The predicted molar refractivity (Wildman–Crippen MR) is 73.6 cm³/mol. The van der Waals surface area contributed by atoms with Gasteiger partial charge in [-0.05, 0) is 57.0 Å². The Morgan fingerprint density at radius 1 is 1.00 bits per heavy atom. The summed E-state index contributed by atoms with van der Waals surface area (Å²) in [5.41, 5.74) is 0.159. The zero-order valence-electron chi connectivity index (χ0n) is 11.6. The summed E-state index contributed by atoms with van der Waals surface area (Å²) in [5, 5.41) is 14.2. The van der Waals surface area contributed by atoms with Gasteiger partial charge in [0, 0.05) is 19.6 Å². The van der Waals surface area contributed by atoms with Crippen molar-refractivity contribution in [3.05, 3.63) is 0 Å². The van der Waals surface area contributed by atoms with Gasteiger partial charge in [0.2, 0.25) is 0 Å². The molecular weight excluding hydrogens is 224 g/mol. The van der Waals surface area contributed by atoms with Crippen LogP contribution < -0.4 is 5.32 Å². The van der Waals surface area contributed by atoms with Crippen LogP contribution in [0.1, 0.15) is 51.4 Å². The first-order valence-corrected chi connectivity index (χ1v) is 7.85. The molecule has 2 N–H and O–H groups in total. The predicted octanol–water partition coefficient (Wildman–Crippen LogP) is 1.76.